The Morgan fingerprint density at radius 1 is 1.38 bits per heavy atom. The zero-order valence-electron chi connectivity index (χ0n) is 15.6. The number of carbonyl (C=O) groups excluding carboxylic acids is 1. The number of ether oxygens (including phenoxy) is 1. The van der Waals surface area contributed by atoms with Gasteiger partial charge in [-0.25, -0.2) is 0 Å². The maximum Gasteiger partial charge on any atom is 0.214 e. The van der Waals surface area contributed by atoms with E-state index in [0.717, 1.165) is 75.1 Å². The lowest BCUT2D eigenvalue weighted by Crippen LogP contribution is -2.57. The van der Waals surface area contributed by atoms with Crippen LogP contribution in [0.3, 0.4) is 0 Å². The number of nitrogens with zero attached hydrogens (tertiary/aromatic N) is 2. The van der Waals surface area contributed by atoms with Crippen LogP contribution < -0.4 is 15.4 Å². The molecule has 1 atom stereocenters. The van der Waals surface area contributed by atoms with Crippen molar-refractivity contribution in [2.45, 2.75) is 57.6 Å². The van der Waals surface area contributed by atoms with Gasteiger partial charge < -0.3 is 20.3 Å². The van der Waals surface area contributed by atoms with E-state index in [2.05, 4.69) is 18.7 Å². The van der Waals surface area contributed by atoms with Crippen molar-refractivity contribution < 1.29 is 9.53 Å². The van der Waals surface area contributed by atoms with Gasteiger partial charge in [-0.2, -0.15) is 0 Å². The van der Waals surface area contributed by atoms with E-state index in [1.54, 1.807) is 0 Å². The maximum atomic E-state index is 12.2. The van der Waals surface area contributed by atoms with Crippen LogP contribution in [0.5, 0.6) is 5.75 Å². The number of nitrogen functional groups attached to an aromatic ring is 1. The van der Waals surface area contributed by atoms with Crippen LogP contribution in [0.4, 0.5) is 11.4 Å². The van der Waals surface area contributed by atoms with Gasteiger partial charge in [0.1, 0.15) is 11.4 Å². The van der Waals surface area contributed by atoms with Crippen molar-refractivity contribution in [2.75, 3.05) is 30.3 Å². The van der Waals surface area contributed by atoms with E-state index in [1.165, 1.54) is 0 Å². The fourth-order valence-corrected chi connectivity index (χ4v) is 5.04. The van der Waals surface area contributed by atoms with Crippen LogP contribution in [0.2, 0.25) is 5.02 Å². The van der Waals surface area contributed by atoms with E-state index in [-0.39, 0.29) is 11.6 Å². The number of hydrogen-bond acceptors (Lipinski definition) is 4. The third-order valence-electron chi connectivity index (χ3n) is 6.31. The minimum atomic E-state index is -0.288. The third kappa shape index (κ3) is 3.05. The number of piperidine rings is 3. The summed E-state index contributed by atoms with van der Waals surface area (Å²) in [4.78, 5) is 16.5. The van der Waals surface area contributed by atoms with E-state index in [1.807, 2.05) is 11.0 Å². The van der Waals surface area contributed by atoms with Gasteiger partial charge in [0.05, 0.1) is 22.4 Å². The number of rotatable bonds is 3. The molecule has 3 fully saturated rings. The van der Waals surface area contributed by atoms with Crippen molar-refractivity contribution in [1.82, 2.24) is 4.90 Å². The molecule has 1 unspecified atom stereocenters. The predicted octanol–water partition coefficient (Wildman–Crippen LogP) is 3.47. The highest BCUT2D eigenvalue weighted by atomic mass is 35.5. The second-order valence-electron chi connectivity index (χ2n) is 8.53. The van der Waals surface area contributed by atoms with Gasteiger partial charge >= 0.3 is 0 Å². The Balaban J connectivity index is 1.80. The van der Waals surface area contributed by atoms with Gasteiger partial charge in [0.25, 0.3) is 0 Å². The molecule has 0 spiro atoms. The number of benzene rings is 1. The van der Waals surface area contributed by atoms with Crippen molar-refractivity contribution in [2.24, 2.45) is 5.92 Å². The van der Waals surface area contributed by atoms with Crippen molar-refractivity contribution in [3.05, 3.63) is 16.7 Å². The first-order valence-electron chi connectivity index (χ1n) is 9.65. The second-order valence-corrected chi connectivity index (χ2v) is 8.94. The molecule has 3 saturated heterocycles. The number of fused-ring (bicyclic) bond motifs is 4. The topological polar surface area (TPSA) is 58.8 Å². The molecular formula is C20H28ClN3O2. The van der Waals surface area contributed by atoms with Gasteiger partial charge in [-0.3, -0.25) is 4.79 Å². The van der Waals surface area contributed by atoms with Gasteiger partial charge in [0.15, 0.2) is 0 Å². The summed E-state index contributed by atoms with van der Waals surface area (Å²) in [6.45, 7) is 7.38. The van der Waals surface area contributed by atoms with Crippen LogP contribution in [0.1, 0.15) is 45.1 Å². The van der Waals surface area contributed by atoms with Gasteiger partial charge in [-0.15, -0.1) is 0 Å². The first-order valence-corrected chi connectivity index (χ1v) is 10.0. The van der Waals surface area contributed by atoms with Gasteiger partial charge in [-0.05, 0) is 71.0 Å². The standard InChI is InChI=1S/C20H28ClN3O2/c1-20(2)7-3-4-14-18(22)15(21)10-16(19(14)26-20)24(12-25)17-11-23-8-5-13(17)6-9-23/h10,12-13,17H,3-9,11,22H2,1-2H3. The normalized spacial score (nSPS) is 29.4. The number of nitrogens with two attached hydrogens (primary N) is 1. The Kier molecular flexibility index (Phi) is 4.56. The minimum Gasteiger partial charge on any atom is -0.485 e. The smallest absolute Gasteiger partial charge is 0.214 e. The largest absolute Gasteiger partial charge is 0.485 e. The van der Waals surface area contributed by atoms with Crippen LogP contribution in [0.15, 0.2) is 6.07 Å². The number of hydrogen-bond donors (Lipinski definition) is 1. The van der Waals surface area contributed by atoms with Gasteiger partial charge in [0, 0.05) is 12.1 Å². The van der Waals surface area contributed by atoms with E-state index < -0.39 is 0 Å². The Hall–Kier alpha value is -1.46. The van der Waals surface area contributed by atoms with E-state index >= 15 is 0 Å². The third-order valence-corrected chi connectivity index (χ3v) is 6.62. The predicted molar refractivity (Wildman–Crippen MR) is 105 cm³/mol. The number of amides is 1. The van der Waals surface area contributed by atoms with Crippen LogP contribution in [0, 0.1) is 5.92 Å². The first-order chi connectivity index (χ1) is 12.4. The minimum absolute atomic E-state index is 0.175. The average molecular weight is 378 g/mol. The molecule has 4 aliphatic rings. The quantitative estimate of drug-likeness (QED) is 0.647. The molecule has 5 nitrogen and oxygen atoms in total. The highest BCUT2D eigenvalue weighted by molar-refractivity contribution is 6.33. The average Bonchev–Trinajstić information content (AvgIpc) is 2.79. The van der Waals surface area contributed by atoms with Crippen LogP contribution in [0.25, 0.3) is 0 Å². The fraction of sp³-hybridized carbons (Fsp3) is 0.650. The first kappa shape index (κ1) is 17.9. The van der Waals surface area contributed by atoms with E-state index in [0.29, 0.717) is 16.6 Å². The molecule has 5 rings (SSSR count). The molecule has 2 bridgehead atoms. The molecule has 6 heteroatoms. The van der Waals surface area contributed by atoms with Crippen molar-refractivity contribution in [3.8, 4) is 5.75 Å². The van der Waals surface area contributed by atoms with E-state index in [9.17, 15) is 4.79 Å². The lowest BCUT2D eigenvalue weighted by atomic mass is 9.83. The van der Waals surface area contributed by atoms with Crippen molar-refractivity contribution >= 4 is 29.4 Å². The zero-order chi connectivity index (χ0) is 18.5. The van der Waals surface area contributed by atoms with Crippen molar-refractivity contribution in [3.63, 3.8) is 0 Å². The molecule has 4 heterocycles. The molecule has 2 N–H and O–H groups in total. The van der Waals surface area contributed by atoms with Crippen molar-refractivity contribution in [1.29, 1.82) is 0 Å². The van der Waals surface area contributed by atoms with Crippen LogP contribution in [-0.4, -0.2) is 42.6 Å². The summed E-state index contributed by atoms with van der Waals surface area (Å²) in [7, 11) is 0. The Morgan fingerprint density at radius 2 is 2.12 bits per heavy atom. The summed E-state index contributed by atoms with van der Waals surface area (Å²) in [5.74, 6) is 1.29. The second kappa shape index (κ2) is 6.61. The highest BCUT2D eigenvalue weighted by Crippen LogP contribution is 2.46. The molecule has 4 aliphatic heterocycles. The molecular weight excluding hydrogens is 350 g/mol. The highest BCUT2D eigenvalue weighted by Gasteiger charge is 2.40. The molecule has 1 aromatic rings. The molecule has 0 radical (unpaired) electrons. The summed E-state index contributed by atoms with van der Waals surface area (Å²) in [6, 6.07) is 2.00. The number of halogens is 1. The fourth-order valence-electron chi connectivity index (χ4n) is 4.82. The summed E-state index contributed by atoms with van der Waals surface area (Å²) in [5.41, 5.74) is 8.31. The Morgan fingerprint density at radius 3 is 2.73 bits per heavy atom. The lowest BCUT2D eigenvalue weighted by Gasteiger charge is -2.48. The maximum absolute atomic E-state index is 12.2. The zero-order valence-corrected chi connectivity index (χ0v) is 16.4. The Labute approximate surface area is 160 Å². The molecule has 26 heavy (non-hydrogen) atoms. The molecule has 0 aromatic heterocycles. The molecule has 1 amide bonds. The Bertz CT molecular complexity index is 713. The number of carbonyl (C=O) groups is 1. The summed E-state index contributed by atoms with van der Waals surface area (Å²) < 4.78 is 6.41. The summed E-state index contributed by atoms with van der Waals surface area (Å²) in [6.07, 6.45) is 6.00. The molecule has 0 saturated carbocycles. The van der Waals surface area contributed by atoms with Gasteiger partial charge in [-0.1, -0.05) is 11.6 Å². The van der Waals surface area contributed by atoms with Crippen LogP contribution >= 0.6 is 11.6 Å². The monoisotopic (exact) mass is 377 g/mol. The summed E-state index contributed by atoms with van der Waals surface area (Å²) in [5, 5.41) is 0.509. The molecule has 1 aromatic carbocycles. The lowest BCUT2D eigenvalue weighted by molar-refractivity contribution is -0.108. The van der Waals surface area contributed by atoms with Gasteiger partial charge in [0.2, 0.25) is 6.41 Å². The molecule has 0 aliphatic carbocycles. The molecule has 142 valence electrons. The van der Waals surface area contributed by atoms with E-state index in [4.69, 9.17) is 22.1 Å². The van der Waals surface area contributed by atoms with Crippen LogP contribution in [-0.2, 0) is 11.2 Å². The SMILES string of the molecule is CC1(C)CCCc2c(N)c(Cl)cc(N(C=O)C3CN4CCC3CC4)c2O1. The number of anilines is 2. The summed E-state index contributed by atoms with van der Waals surface area (Å²) >= 11 is 6.46.